The average molecular weight is 482 g/mol. The molecule has 170 valence electrons. The third-order valence-corrected chi connectivity index (χ3v) is 5.57. The zero-order chi connectivity index (χ0) is 23.3. The highest BCUT2D eigenvalue weighted by molar-refractivity contribution is 6.39. The van der Waals surface area contributed by atoms with E-state index < -0.39 is 5.83 Å². The third-order valence-electron chi connectivity index (χ3n) is 4.82. The molecule has 3 rings (SSSR count). The highest BCUT2D eigenvalue weighted by Gasteiger charge is 2.28. The molecule has 1 saturated heterocycles. The molecule has 0 saturated carbocycles. The highest BCUT2D eigenvalue weighted by atomic mass is 35.5. The maximum Gasteiger partial charge on any atom is 0.243 e. The summed E-state index contributed by atoms with van der Waals surface area (Å²) < 4.78 is 25.4. The van der Waals surface area contributed by atoms with Crippen molar-refractivity contribution in [2.45, 2.75) is 12.1 Å². The van der Waals surface area contributed by atoms with Crippen LogP contribution in [0.2, 0.25) is 10.0 Å². The zero-order valence-corrected chi connectivity index (χ0v) is 18.9. The van der Waals surface area contributed by atoms with E-state index in [0.29, 0.717) is 24.6 Å². The largest absolute Gasteiger partial charge is 0.495 e. The average Bonchev–Trinajstić information content (AvgIpc) is 3.21. The molecule has 0 aliphatic carbocycles. The van der Waals surface area contributed by atoms with E-state index in [-0.39, 0.29) is 45.1 Å². The van der Waals surface area contributed by atoms with Crippen LogP contribution in [-0.4, -0.2) is 55.3 Å². The molecule has 3 N–H and O–H groups in total. The third kappa shape index (κ3) is 5.29. The minimum absolute atomic E-state index is 0.0209. The summed E-state index contributed by atoms with van der Waals surface area (Å²) in [7, 11) is 2.82. The van der Waals surface area contributed by atoms with E-state index in [1.165, 1.54) is 44.8 Å². The van der Waals surface area contributed by atoms with Crippen molar-refractivity contribution in [3.05, 3.63) is 52.3 Å². The van der Waals surface area contributed by atoms with E-state index in [0.717, 1.165) is 0 Å². The Labute approximate surface area is 194 Å². The number of carbonyl (C=O) groups excluding carboxylic acids is 1. The van der Waals surface area contributed by atoms with Crippen molar-refractivity contribution in [3.63, 3.8) is 0 Å². The summed E-state index contributed by atoms with van der Waals surface area (Å²) in [5.41, 5.74) is 0.340. The molecule has 2 unspecified atom stereocenters. The molecule has 2 heterocycles. The Morgan fingerprint density at radius 2 is 1.78 bits per heavy atom. The molecule has 32 heavy (non-hydrogen) atoms. The Bertz CT molecular complexity index is 1000. The van der Waals surface area contributed by atoms with E-state index in [1.54, 1.807) is 0 Å². The van der Waals surface area contributed by atoms with Crippen LogP contribution < -0.4 is 25.4 Å². The lowest BCUT2D eigenvalue weighted by molar-refractivity contribution is -0.117. The maximum absolute atomic E-state index is 15.1. The van der Waals surface area contributed by atoms with Gasteiger partial charge in [0.15, 0.2) is 0 Å². The minimum atomic E-state index is -0.700. The van der Waals surface area contributed by atoms with E-state index in [2.05, 4.69) is 32.5 Å². The van der Waals surface area contributed by atoms with Crippen LogP contribution >= 0.6 is 23.2 Å². The smallest absolute Gasteiger partial charge is 0.243 e. The minimum Gasteiger partial charge on any atom is -0.495 e. The van der Waals surface area contributed by atoms with Crippen molar-refractivity contribution in [1.29, 1.82) is 0 Å². The molecular formula is C21H22Cl2FN5O3. The van der Waals surface area contributed by atoms with Crippen LogP contribution in [0.1, 0.15) is 11.1 Å². The van der Waals surface area contributed by atoms with E-state index in [4.69, 9.17) is 32.7 Å². The Morgan fingerprint density at radius 1 is 1.19 bits per heavy atom. The molecule has 11 heteroatoms. The van der Waals surface area contributed by atoms with Crippen LogP contribution in [0.3, 0.4) is 0 Å². The van der Waals surface area contributed by atoms with Crippen LogP contribution in [-0.2, 0) is 4.79 Å². The standard InChI is InChI=1S/C21H22Cl2FN5O3/c1-4-17(30)28-13-9-25-10-14(13)29-21-26-7-11(8-27-21)5-12(24)18-19(22)15(31-2)6-16(32-3)20(18)23/h4-8,13-14,25H,1,9-10H2,2-3H3,(H,28,30)(H,26,27,29)/b12-5-. The number of rotatable bonds is 8. The summed E-state index contributed by atoms with van der Waals surface area (Å²) >= 11 is 12.5. The van der Waals surface area contributed by atoms with Gasteiger partial charge in [0.1, 0.15) is 17.3 Å². The van der Waals surface area contributed by atoms with Crippen molar-refractivity contribution >= 4 is 47.0 Å². The van der Waals surface area contributed by atoms with E-state index in [1.807, 2.05) is 0 Å². The summed E-state index contributed by atoms with van der Waals surface area (Å²) in [5, 5.41) is 9.23. The topological polar surface area (TPSA) is 97.4 Å². The summed E-state index contributed by atoms with van der Waals surface area (Å²) in [6.45, 7) is 4.68. The first kappa shape index (κ1) is 23.8. The molecule has 8 nitrogen and oxygen atoms in total. The number of ether oxygens (including phenoxy) is 2. The molecule has 1 aliphatic rings. The lowest BCUT2D eigenvalue weighted by Gasteiger charge is -2.20. The quantitative estimate of drug-likeness (QED) is 0.497. The van der Waals surface area contributed by atoms with Gasteiger partial charge in [0.25, 0.3) is 0 Å². The Balaban J connectivity index is 1.78. The molecule has 1 aliphatic heterocycles. The van der Waals surface area contributed by atoms with Crippen LogP contribution in [0.25, 0.3) is 11.9 Å². The number of nitrogens with one attached hydrogen (secondary N) is 3. The molecule has 1 fully saturated rings. The molecule has 1 amide bonds. The van der Waals surface area contributed by atoms with Crippen LogP contribution in [0.5, 0.6) is 11.5 Å². The molecule has 2 aromatic rings. The van der Waals surface area contributed by atoms with Gasteiger partial charge in [-0.15, -0.1) is 0 Å². The van der Waals surface area contributed by atoms with Crippen molar-refractivity contribution < 1.29 is 18.7 Å². The first-order valence-electron chi connectivity index (χ1n) is 9.57. The summed E-state index contributed by atoms with van der Waals surface area (Å²) in [4.78, 5) is 20.0. The lowest BCUT2D eigenvalue weighted by atomic mass is 10.1. The van der Waals surface area contributed by atoms with Crippen molar-refractivity contribution in [3.8, 4) is 11.5 Å². The Hall–Kier alpha value is -2.88. The fourth-order valence-electron chi connectivity index (χ4n) is 3.19. The first-order chi connectivity index (χ1) is 15.4. The Morgan fingerprint density at radius 3 is 2.34 bits per heavy atom. The number of hydrogen-bond donors (Lipinski definition) is 3. The van der Waals surface area contributed by atoms with Gasteiger partial charge in [0, 0.05) is 37.1 Å². The monoisotopic (exact) mass is 481 g/mol. The Kier molecular flexibility index (Phi) is 7.89. The molecule has 0 radical (unpaired) electrons. The van der Waals surface area contributed by atoms with Crippen molar-refractivity contribution in [2.24, 2.45) is 0 Å². The van der Waals surface area contributed by atoms with Crippen LogP contribution in [0.4, 0.5) is 10.3 Å². The maximum atomic E-state index is 15.1. The van der Waals surface area contributed by atoms with Gasteiger partial charge in [-0.25, -0.2) is 14.4 Å². The van der Waals surface area contributed by atoms with Crippen molar-refractivity contribution in [2.75, 3.05) is 32.6 Å². The number of amides is 1. The number of nitrogens with zero attached hydrogens (tertiary/aromatic N) is 2. The summed E-state index contributed by atoms with van der Waals surface area (Å²) in [5.74, 6) is -0.160. The number of methoxy groups -OCH3 is 2. The molecule has 1 aromatic carbocycles. The second kappa shape index (κ2) is 10.6. The molecular weight excluding hydrogens is 460 g/mol. The normalized spacial score (nSPS) is 18.2. The number of halogens is 3. The summed E-state index contributed by atoms with van der Waals surface area (Å²) in [6, 6.07) is 1.22. The number of anilines is 1. The molecule has 2 atom stereocenters. The number of benzene rings is 1. The van der Waals surface area contributed by atoms with Gasteiger partial charge < -0.3 is 25.4 Å². The first-order valence-corrected chi connectivity index (χ1v) is 10.3. The number of aromatic nitrogens is 2. The highest BCUT2D eigenvalue weighted by Crippen LogP contribution is 2.44. The number of carbonyl (C=O) groups is 1. The second-order valence-electron chi connectivity index (χ2n) is 6.84. The SMILES string of the molecule is C=CC(=O)NC1CNCC1Nc1ncc(/C=C(\F)c2c(Cl)c(OC)cc(OC)c2Cl)cn1. The summed E-state index contributed by atoms with van der Waals surface area (Å²) in [6.07, 6.45) is 5.33. The molecule has 0 bridgehead atoms. The molecule has 1 aromatic heterocycles. The van der Waals surface area contributed by atoms with Crippen molar-refractivity contribution in [1.82, 2.24) is 20.6 Å². The van der Waals surface area contributed by atoms with Crippen LogP contribution in [0, 0.1) is 0 Å². The van der Waals surface area contributed by atoms with Gasteiger partial charge in [0.2, 0.25) is 11.9 Å². The van der Waals surface area contributed by atoms with Gasteiger partial charge in [0.05, 0.1) is 41.9 Å². The van der Waals surface area contributed by atoms with Gasteiger partial charge in [-0.1, -0.05) is 29.8 Å². The predicted molar refractivity (Wildman–Crippen MR) is 123 cm³/mol. The van der Waals surface area contributed by atoms with Gasteiger partial charge in [-0.2, -0.15) is 0 Å². The van der Waals surface area contributed by atoms with Gasteiger partial charge >= 0.3 is 0 Å². The van der Waals surface area contributed by atoms with E-state index in [9.17, 15) is 4.79 Å². The van der Waals surface area contributed by atoms with Gasteiger partial charge in [-0.05, 0) is 12.2 Å². The lowest BCUT2D eigenvalue weighted by Crippen LogP contribution is -2.45. The number of hydrogen-bond acceptors (Lipinski definition) is 7. The predicted octanol–water partition coefficient (Wildman–Crippen LogP) is 3.32. The fourth-order valence-corrected chi connectivity index (χ4v) is 3.87. The fraction of sp³-hybridized carbons (Fsp3) is 0.286. The second-order valence-corrected chi connectivity index (χ2v) is 7.60. The molecule has 0 spiro atoms. The van der Waals surface area contributed by atoms with Crippen LogP contribution in [0.15, 0.2) is 31.1 Å². The van der Waals surface area contributed by atoms with Gasteiger partial charge in [-0.3, -0.25) is 4.79 Å². The zero-order valence-electron chi connectivity index (χ0n) is 17.4. The van der Waals surface area contributed by atoms with E-state index >= 15 is 4.39 Å².